The lowest BCUT2D eigenvalue weighted by atomic mass is 9.89. The van der Waals surface area contributed by atoms with Crippen LogP contribution >= 0.6 is 0 Å². The fourth-order valence-corrected chi connectivity index (χ4v) is 2.50. The smallest absolute Gasteiger partial charge is 0.303 e. The molecule has 2 aliphatic heterocycles. The predicted molar refractivity (Wildman–Crippen MR) is 68.0 cm³/mol. The van der Waals surface area contributed by atoms with E-state index in [0.717, 1.165) is 0 Å². The van der Waals surface area contributed by atoms with Gasteiger partial charge in [0.25, 0.3) is 0 Å². The lowest BCUT2D eigenvalue weighted by Gasteiger charge is -2.40. The predicted octanol–water partition coefficient (Wildman–Crippen LogP) is 0.659. The van der Waals surface area contributed by atoms with Crippen LogP contribution in [0.4, 0.5) is 0 Å². The van der Waals surface area contributed by atoms with E-state index in [4.69, 9.17) is 18.9 Å². The maximum Gasteiger partial charge on any atom is 0.303 e. The molecule has 1 saturated heterocycles. The van der Waals surface area contributed by atoms with E-state index in [1.54, 1.807) is 6.92 Å². The van der Waals surface area contributed by atoms with Crippen LogP contribution in [0.1, 0.15) is 27.7 Å². The molecule has 0 spiro atoms. The first-order valence-electron chi connectivity index (χ1n) is 6.55. The average Bonchev–Trinajstić information content (AvgIpc) is 2.71. The monoisotopic (exact) mass is 285 g/mol. The van der Waals surface area contributed by atoms with Gasteiger partial charge in [-0.05, 0) is 0 Å². The van der Waals surface area contributed by atoms with Crippen molar-refractivity contribution in [2.75, 3.05) is 6.61 Å². The molecule has 0 aromatic carbocycles. The first-order chi connectivity index (χ1) is 9.38. The van der Waals surface area contributed by atoms with Crippen LogP contribution in [0.25, 0.3) is 0 Å². The molecule has 20 heavy (non-hydrogen) atoms. The van der Waals surface area contributed by atoms with Gasteiger partial charge >= 0.3 is 11.9 Å². The maximum absolute atomic E-state index is 11.2. The summed E-state index contributed by atoms with van der Waals surface area (Å²) >= 11 is 0. The zero-order chi connectivity index (χ0) is 14.9. The van der Waals surface area contributed by atoms with Gasteiger partial charge in [0.05, 0.1) is 0 Å². The first-order valence-corrected chi connectivity index (χ1v) is 6.55. The Balaban J connectivity index is 2.12. The Morgan fingerprint density at radius 1 is 1.30 bits per heavy atom. The highest BCUT2D eigenvalue weighted by Gasteiger charge is 2.49. The molecule has 0 aliphatic carbocycles. The molecule has 0 amide bonds. The molecule has 0 saturated carbocycles. The van der Waals surface area contributed by atoms with E-state index in [-0.39, 0.29) is 18.6 Å². The molecule has 0 radical (unpaired) electrons. The van der Waals surface area contributed by atoms with E-state index in [1.807, 2.05) is 6.92 Å². The van der Waals surface area contributed by atoms with Gasteiger partial charge in [0.1, 0.15) is 24.9 Å². The lowest BCUT2D eigenvalue weighted by molar-refractivity contribution is -0.230. The molecule has 0 bridgehead atoms. The number of aliphatic imine (C=N–C) groups is 1. The molecular weight excluding hydrogens is 266 g/mol. The van der Waals surface area contributed by atoms with Crippen molar-refractivity contribution in [1.29, 1.82) is 0 Å². The molecule has 0 aromatic heterocycles. The van der Waals surface area contributed by atoms with Crippen LogP contribution < -0.4 is 0 Å². The largest absolute Gasteiger partial charge is 0.463 e. The highest BCUT2D eigenvalue weighted by molar-refractivity contribution is 5.75. The molecule has 2 heterocycles. The molecule has 1 fully saturated rings. The third kappa shape index (κ3) is 3.09. The fourth-order valence-electron chi connectivity index (χ4n) is 2.50. The third-order valence-electron chi connectivity index (χ3n) is 3.38. The quantitative estimate of drug-likeness (QED) is 0.708. The molecule has 2 aliphatic rings. The lowest BCUT2D eigenvalue weighted by Crippen LogP contribution is -2.54. The summed E-state index contributed by atoms with van der Waals surface area (Å²) < 4.78 is 21.5. The summed E-state index contributed by atoms with van der Waals surface area (Å²) in [5.74, 6) is -0.363. The van der Waals surface area contributed by atoms with Crippen molar-refractivity contribution in [1.82, 2.24) is 0 Å². The van der Waals surface area contributed by atoms with Crippen LogP contribution in [-0.2, 0) is 28.5 Å². The number of carbonyl (C=O) groups is 2. The first kappa shape index (κ1) is 14.8. The number of fused-ring (bicyclic) bond motifs is 1. The van der Waals surface area contributed by atoms with E-state index in [1.165, 1.54) is 13.8 Å². The Hall–Kier alpha value is -1.63. The van der Waals surface area contributed by atoms with Crippen LogP contribution in [0.15, 0.2) is 4.99 Å². The summed E-state index contributed by atoms with van der Waals surface area (Å²) in [4.78, 5) is 26.5. The van der Waals surface area contributed by atoms with Crippen molar-refractivity contribution in [2.45, 2.75) is 52.2 Å². The van der Waals surface area contributed by atoms with Gasteiger partial charge in [0.2, 0.25) is 6.29 Å². The number of nitrogens with zero attached hydrogens (tertiary/aromatic N) is 1. The minimum absolute atomic E-state index is 0.0171. The molecule has 112 valence electrons. The van der Waals surface area contributed by atoms with Crippen LogP contribution in [0.5, 0.6) is 0 Å². The van der Waals surface area contributed by atoms with Crippen LogP contribution in [-0.4, -0.2) is 49.0 Å². The third-order valence-corrected chi connectivity index (χ3v) is 3.38. The summed E-state index contributed by atoms with van der Waals surface area (Å²) in [6.45, 7) is 6.33. The zero-order valence-electron chi connectivity index (χ0n) is 12.0. The van der Waals surface area contributed by atoms with Crippen LogP contribution in [0, 0.1) is 5.92 Å². The Morgan fingerprint density at radius 3 is 2.60 bits per heavy atom. The maximum atomic E-state index is 11.2. The normalized spacial score (nSPS) is 35.6. The molecule has 2 rings (SSSR count). The second-order valence-corrected chi connectivity index (χ2v) is 5.04. The Labute approximate surface area is 117 Å². The van der Waals surface area contributed by atoms with Crippen LogP contribution in [0.3, 0.4) is 0 Å². The van der Waals surface area contributed by atoms with Crippen molar-refractivity contribution in [3.05, 3.63) is 0 Å². The summed E-state index contributed by atoms with van der Waals surface area (Å²) in [7, 11) is 0. The number of ether oxygens (including phenoxy) is 4. The molecule has 0 aromatic rings. The van der Waals surface area contributed by atoms with Gasteiger partial charge in [0, 0.05) is 26.7 Å². The number of esters is 2. The Kier molecular flexibility index (Phi) is 4.27. The molecule has 7 nitrogen and oxygen atoms in total. The summed E-state index contributed by atoms with van der Waals surface area (Å²) in [5, 5.41) is 0. The van der Waals surface area contributed by atoms with Gasteiger partial charge in [-0.15, -0.1) is 0 Å². The van der Waals surface area contributed by atoms with E-state index in [9.17, 15) is 9.59 Å². The second-order valence-electron chi connectivity index (χ2n) is 5.04. The number of hydrogen-bond acceptors (Lipinski definition) is 7. The van der Waals surface area contributed by atoms with Crippen molar-refractivity contribution < 1.29 is 28.5 Å². The van der Waals surface area contributed by atoms with Crippen molar-refractivity contribution in [3.8, 4) is 0 Å². The Morgan fingerprint density at radius 2 is 2.00 bits per heavy atom. The molecular formula is C13H19NO6. The summed E-state index contributed by atoms with van der Waals surface area (Å²) in [5.41, 5.74) is 0. The van der Waals surface area contributed by atoms with Crippen molar-refractivity contribution in [2.24, 2.45) is 10.9 Å². The average molecular weight is 285 g/mol. The highest BCUT2D eigenvalue weighted by Crippen LogP contribution is 2.34. The number of hydrogen-bond donors (Lipinski definition) is 0. The van der Waals surface area contributed by atoms with Gasteiger partial charge in [-0.3, -0.25) is 9.59 Å². The molecule has 0 N–H and O–H groups in total. The minimum atomic E-state index is -0.555. The van der Waals surface area contributed by atoms with Gasteiger partial charge in [-0.25, -0.2) is 4.99 Å². The standard InChI is InChI=1S/C13H19NO6/c1-6-11-13(18-7(2)14-11)20-10(5-17-8(3)15)12(6)19-9(4)16/h6,10-13H,5H2,1-4H3. The van der Waals surface area contributed by atoms with E-state index in [0.29, 0.717) is 5.90 Å². The van der Waals surface area contributed by atoms with Crippen LogP contribution in [0.2, 0.25) is 0 Å². The van der Waals surface area contributed by atoms with Gasteiger partial charge < -0.3 is 18.9 Å². The van der Waals surface area contributed by atoms with E-state index >= 15 is 0 Å². The Bertz CT molecular complexity index is 435. The SMILES string of the molecule is CC(=O)OCC1OC2OC(C)=NC2C(C)C1OC(C)=O. The summed E-state index contributed by atoms with van der Waals surface area (Å²) in [6, 6.07) is -0.215. The zero-order valence-corrected chi connectivity index (χ0v) is 12.0. The van der Waals surface area contributed by atoms with Gasteiger partial charge in [-0.1, -0.05) is 6.92 Å². The molecule has 5 unspecified atom stereocenters. The highest BCUT2D eigenvalue weighted by atomic mass is 16.7. The fraction of sp³-hybridized carbons (Fsp3) is 0.769. The number of carbonyl (C=O) groups excluding carboxylic acids is 2. The molecule has 7 heteroatoms. The topological polar surface area (TPSA) is 83.4 Å². The van der Waals surface area contributed by atoms with Gasteiger partial charge in [-0.2, -0.15) is 0 Å². The van der Waals surface area contributed by atoms with Crippen molar-refractivity contribution in [3.63, 3.8) is 0 Å². The second kappa shape index (κ2) is 5.78. The van der Waals surface area contributed by atoms with E-state index in [2.05, 4.69) is 4.99 Å². The minimum Gasteiger partial charge on any atom is -0.463 e. The van der Waals surface area contributed by atoms with E-state index < -0.39 is 30.4 Å². The molecule has 5 atom stereocenters. The van der Waals surface area contributed by atoms with Gasteiger partial charge in [0.15, 0.2) is 5.90 Å². The summed E-state index contributed by atoms with van der Waals surface area (Å²) in [6.07, 6.45) is -1.59. The van der Waals surface area contributed by atoms with Crippen molar-refractivity contribution >= 4 is 17.8 Å². The number of rotatable bonds is 3.